The summed E-state index contributed by atoms with van der Waals surface area (Å²) in [5, 5.41) is 6.22. The average Bonchev–Trinajstić information content (AvgIpc) is 2.54. The van der Waals surface area contributed by atoms with E-state index in [9.17, 15) is 8.42 Å². The topological polar surface area (TPSA) is 73.8 Å². The number of rotatable bonds is 7. The lowest BCUT2D eigenvalue weighted by molar-refractivity contribution is 0.410. The first-order valence-electron chi connectivity index (χ1n) is 7.45. The Hall–Kier alpha value is -1.13. The number of nitrogens with one attached hydrogen (secondary N) is 2. The highest BCUT2D eigenvalue weighted by Crippen LogP contribution is 2.17. The zero-order valence-electron chi connectivity index (χ0n) is 14.6. The normalized spacial score (nSPS) is 12.0. The van der Waals surface area contributed by atoms with E-state index in [4.69, 9.17) is 0 Å². The first-order chi connectivity index (χ1) is 10.8. The average molecular weight is 466 g/mol. The number of sulfonamides is 1. The van der Waals surface area contributed by atoms with E-state index >= 15 is 0 Å². The van der Waals surface area contributed by atoms with Crippen molar-refractivity contribution in [2.24, 2.45) is 4.99 Å². The molecule has 0 aliphatic carbocycles. The van der Waals surface area contributed by atoms with Gasteiger partial charge in [0.2, 0.25) is 10.0 Å². The molecule has 0 heterocycles. The summed E-state index contributed by atoms with van der Waals surface area (Å²) in [6.45, 7) is 8.50. The Bertz CT molecular complexity index is 643. The van der Waals surface area contributed by atoms with E-state index in [2.05, 4.69) is 22.2 Å². The molecule has 0 aliphatic rings. The van der Waals surface area contributed by atoms with Crippen molar-refractivity contribution < 1.29 is 8.42 Å². The van der Waals surface area contributed by atoms with Crippen molar-refractivity contribution in [1.29, 1.82) is 0 Å². The molecule has 0 saturated carbocycles. The lowest BCUT2D eigenvalue weighted by Crippen LogP contribution is -2.36. The summed E-state index contributed by atoms with van der Waals surface area (Å²) in [4.78, 5) is 4.38. The van der Waals surface area contributed by atoms with Crippen molar-refractivity contribution >= 4 is 40.0 Å². The minimum absolute atomic E-state index is 0. The van der Waals surface area contributed by atoms with E-state index in [1.54, 1.807) is 44.4 Å². The second-order valence-electron chi connectivity index (χ2n) is 5.35. The molecular formula is C16H27IN4O2S. The Labute approximate surface area is 162 Å². The molecule has 0 amide bonds. The first kappa shape index (κ1) is 22.9. The lowest BCUT2D eigenvalue weighted by atomic mass is 10.2. The Morgan fingerprint density at radius 1 is 1.29 bits per heavy atom. The molecule has 136 valence electrons. The largest absolute Gasteiger partial charge is 0.353 e. The van der Waals surface area contributed by atoms with Crippen LogP contribution in [-0.2, 0) is 16.6 Å². The van der Waals surface area contributed by atoms with Gasteiger partial charge in [-0.25, -0.2) is 8.42 Å². The monoisotopic (exact) mass is 466 g/mol. The molecule has 8 heteroatoms. The van der Waals surface area contributed by atoms with Crippen LogP contribution < -0.4 is 10.6 Å². The molecule has 0 unspecified atom stereocenters. The molecule has 0 atom stereocenters. The summed E-state index contributed by atoms with van der Waals surface area (Å²) >= 11 is 0. The number of nitrogens with zero attached hydrogens (tertiary/aromatic N) is 2. The van der Waals surface area contributed by atoms with Crippen LogP contribution in [0.15, 0.2) is 46.8 Å². The third-order valence-electron chi connectivity index (χ3n) is 3.42. The van der Waals surface area contributed by atoms with Crippen molar-refractivity contribution in [1.82, 2.24) is 14.9 Å². The van der Waals surface area contributed by atoms with Gasteiger partial charge < -0.3 is 10.6 Å². The zero-order valence-corrected chi connectivity index (χ0v) is 17.8. The van der Waals surface area contributed by atoms with Gasteiger partial charge in [0.15, 0.2) is 5.96 Å². The number of aliphatic imine (C=N–C) groups is 1. The van der Waals surface area contributed by atoms with Crippen LogP contribution in [0.25, 0.3) is 0 Å². The Kier molecular flexibility index (Phi) is 10.2. The second kappa shape index (κ2) is 10.7. The molecule has 0 aliphatic heterocycles. The maximum atomic E-state index is 12.4. The third-order valence-corrected chi connectivity index (χ3v) is 5.47. The zero-order chi connectivity index (χ0) is 17.5. The van der Waals surface area contributed by atoms with Crippen LogP contribution >= 0.6 is 24.0 Å². The van der Waals surface area contributed by atoms with Crippen molar-refractivity contribution in [3.05, 3.63) is 42.5 Å². The van der Waals surface area contributed by atoms with Gasteiger partial charge in [-0.3, -0.25) is 4.99 Å². The summed E-state index contributed by atoms with van der Waals surface area (Å²) in [6.07, 6.45) is 1.75. The SMILES string of the molecule is C=CCNC(=NC)NCc1ccc(S(=O)(=O)N(C)C(C)C)cc1.I. The number of hydrogen-bond donors (Lipinski definition) is 2. The minimum atomic E-state index is -3.44. The van der Waals surface area contributed by atoms with Gasteiger partial charge in [0.05, 0.1) is 4.90 Å². The van der Waals surface area contributed by atoms with Crippen molar-refractivity contribution in [2.75, 3.05) is 20.6 Å². The highest BCUT2D eigenvalue weighted by molar-refractivity contribution is 14.0. The van der Waals surface area contributed by atoms with E-state index < -0.39 is 10.0 Å². The fourth-order valence-corrected chi connectivity index (χ4v) is 3.17. The quantitative estimate of drug-likeness (QED) is 0.280. The summed E-state index contributed by atoms with van der Waals surface area (Å²) in [5.74, 6) is 0.668. The van der Waals surface area contributed by atoms with Crippen LogP contribution in [0.2, 0.25) is 0 Å². The smallest absolute Gasteiger partial charge is 0.243 e. The number of hydrogen-bond acceptors (Lipinski definition) is 3. The number of benzene rings is 1. The molecule has 0 radical (unpaired) electrons. The van der Waals surface area contributed by atoms with Crippen LogP contribution in [-0.4, -0.2) is 45.4 Å². The van der Waals surface area contributed by atoms with E-state index in [0.29, 0.717) is 23.9 Å². The fourth-order valence-electron chi connectivity index (χ4n) is 1.80. The van der Waals surface area contributed by atoms with Gasteiger partial charge in [-0.1, -0.05) is 18.2 Å². The molecule has 0 bridgehead atoms. The van der Waals surface area contributed by atoms with E-state index in [0.717, 1.165) is 5.56 Å². The van der Waals surface area contributed by atoms with Crippen molar-refractivity contribution in [3.8, 4) is 0 Å². The first-order valence-corrected chi connectivity index (χ1v) is 8.89. The van der Waals surface area contributed by atoms with Gasteiger partial charge >= 0.3 is 0 Å². The molecule has 1 aromatic carbocycles. The van der Waals surface area contributed by atoms with Crippen LogP contribution in [0.4, 0.5) is 0 Å². The highest BCUT2D eigenvalue weighted by Gasteiger charge is 2.22. The summed E-state index contributed by atoms with van der Waals surface area (Å²) < 4.78 is 26.1. The highest BCUT2D eigenvalue weighted by atomic mass is 127. The molecule has 0 aromatic heterocycles. The maximum absolute atomic E-state index is 12.4. The van der Waals surface area contributed by atoms with Gasteiger partial charge in [0, 0.05) is 33.2 Å². The predicted octanol–water partition coefficient (Wildman–Crippen LogP) is 2.18. The molecule has 0 saturated heterocycles. The summed E-state index contributed by atoms with van der Waals surface area (Å²) in [6, 6.07) is 6.78. The van der Waals surface area contributed by atoms with Gasteiger partial charge in [0.25, 0.3) is 0 Å². The molecular weight excluding hydrogens is 439 g/mol. The summed E-state index contributed by atoms with van der Waals surface area (Å²) in [7, 11) is -0.159. The Balaban J connectivity index is 0.00000529. The van der Waals surface area contributed by atoms with E-state index in [1.807, 2.05) is 13.8 Å². The molecule has 1 aromatic rings. The van der Waals surface area contributed by atoms with Crippen LogP contribution in [0.1, 0.15) is 19.4 Å². The van der Waals surface area contributed by atoms with Crippen LogP contribution in [0, 0.1) is 0 Å². The molecule has 1 rings (SSSR count). The van der Waals surface area contributed by atoms with E-state index in [-0.39, 0.29) is 30.0 Å². The number of halogens is 1. The molecule has 2 N–H and O–H groups in total. The molecule has 0 fully saturated rings. The maximum Gasteiger partial charge on any atom is 0.243 e. The van der Waals surface area contributed by atoms with Gasteiger partial charge in [-0.15, -0.1) is 30.6 Å². The van der Waals surface area contributed by atoms with Crippen molar-refractivity contribution in [3.63, 3.8) is 0 Å². The van der Waals surface area contributed by atoms with Gasteiger partial charge in [-0.05, 0) is 31.5 Å². The minimum Gasteiger partial charge on any atom is -0.353 e. The number of guanidine groups is 1. The predicted molar refractivity (Wildman–Crippen MR) is 110 cm³/mol. The second-order valence-corrected chi connectivity index (χ2v) is 7.35. The third kappa shape index (κ3) is 6.40. The molecule has 0 spiro atoms. The fraction of sp³-hybridized carbons (Fsp3) is 0.438. The summed E-state index contributed by atoms with van der Waals surface area (Å²) in [5.41, 5.74) is 0.970. The van der Waals surface area contributed by atoms with Crippen molar-refractivity contribution in [2.45, 2.75) is 31.3 Å². The van der Waals surface area contributed by atoms with Gasteiger partial charge in [-0.2, -0.15) is 4.31 Å². The molecule has 6 nitrogen and oxygen atoms in total. The Morgan fingerprint density at radius 2 is 1.88 bits per heavy atom. The van der Waals surface area contributed by atoms with Crippen LogP contribution in [0.3, 0.4) is 0 Å². The standard InChI is InChI=1S/C16H26N4O2S.HI/c1-6-11-18-16(17-4)19-12-14-7-9-15(10-8-14)23(21,22)20(5)13(2)3;/h6-10,13H,1,11-12H2,2-5H3,(H2,17,18,19);1H. The lowest BCUT2D eigenvalue weighted by Gasteiger charge is -2.21. The molecule has 24 heavy (non-hydrogen) atoms. The Morgan fingerprint density at radius 3 is 2.33 bits per heavy atom. The van der Waals surface area contributed by atoms with Crippen LogP contribution in [0.5, 0.6) is 0 Å². The van der Waals surface area contributed by atoms with E-state index in [1.165, 1.54) is 4.31 Å². The van der Waals surface area contributed by atoms with Gasteiger partial charge in [0.1, 0.15) is 0 Å².